The van der Waals surface area contributed by atoms with E-state index in [0.29, 0.717) is 0 Å². The Balaban J connectivity index is 4.47. The van der Waals surface area contributed by atoms with E-state index >= 15 is 0 Å². The predicted molar refractivity (Wildman–Crippen MR) is 93.3 cm³/mol. The van der Waals surface area contributed by atoms with Crippen molar-refractivity contribution in [1.29, 1.82) is 0 Å². The van der Waals surface area contributed by atoms with Crippen molar-refractivity contribution in [1.82, 2.24) is 5.32 Å². The summed E-state index contributed by atoms with van der Waals surface area (Å²) in [5.74, 6) is 1.82. The Hall–Kier alpha value is -0.0400. The van der Waals surface area contributed by atoms with Gasteiger partial charge in [-0.15, -0.1) is 0 Å². The second kappa shape index (κ2) is 13.9. The van der Waals surface area contributed by atoms with Crippen LogP contribution < -0.4 is 5.32 Å². The van der Waals surface area contributed by atoms with Gasteiger partial charge < -0.3 is 5.32 Å². The van der Waals surface area contributed by atoms with Gasteiger partial charge in [-0.3, -0.25) is 0 Å². The zero-order valence-electron chi connectivity index (χ0n) is 15.0. The molecule has 20 heavy (non-hydrogen) atoms. The Kier molecular flexibility index (Phi) is 13.9. The fourth-order valence-electron chi connectivity index (χ4n) is 3.27. The van der Waals surface area contributed by atoms with Gasteiger partial charge in [0.15, 0.2) is 0 Å². The maximum absolute atomic E-state index is 3.87. The summed E-state index contributed by atoms with van der Waals surface area (Å²) in [4.78, 5) is 0. The fourth-order valence-corrected chi connectivity index (χ4v) is 3.27. The lowest BCUT2D eigenvalue weighted by molar-refractivity contribution is 0.255. The van der Waals surface area contributed by atoms with Gasteiger partial charge in [0.25, 0.3) is 0 Å². The molecule has 0 aromatic heterocycles. The van der Waals surface area contributed by atoms with Crippen LogP contribution in [0.2, 0.25) is 0 Å². The van der Waals surface area contributed by atoms with E-state index in [0.717, 1.165) is 17.9 Å². The van der Waals surface area contributed by atoms with E-state index in [9.17, 15) is 0 Å². The van der Waals surface area contributed by atoms with Crippen LogP contribution in [0, 0.1) is 11.8 Å². The number of hydrogen-bond acceptors (Lipinski definition) is 1. The molecular formula is C19H41N. The summed E-state index contributed by atoms with van der Waals surface area (Å²) >= 11 is 0. The minimum absolute atomic E-state index is 0.758. The summed E-state index contributed by atoms with van der Waals surface area (Å²) in [5, 5.41) is 3.87. The maximum atomic E-state index is 3.87. The van der Waals surface area contributed by atoms with E-state index in [1.165, 1.54) is 70.8 Å². The molecule has 0 aromatic carbocycles. The Morgan fingerprint density at radius 3 is 1.90 bits per heavy atom. The van der Waals surface area contributed by atoms with Crippen molar-refractivity contribution in [3.63, 3.8) is 0 Å². The standard InChI is InChI=1S/C19H41N/c1-6-11-13-17(9-4)16-19(20-15-8-3)18(10-5)14-12-7-2/h17-20H,6-16H2,1-5H3. The molecule has 0 spiro atoms. The van der Waals surface area contributed by atoms with Crippen LogP contribution in [0.5, 0.6) is 0 Å². The summed E-state index contributed by atoms with van der Waals surface area (Å²) in [5.41, 5.74) is 0. The van der Waals surface area contributed by atoms with Gasteiger partial charge >= 0.3 is 0 Å². The van der Waals surface area contributed by atoms with E-state index < -0.39 is 0 Å². The van der Waals surface area contributed by atoms with Crippen LogP contribution in [0.15, 0.2) is 0 Å². The second-order valence-electron chi connectivity index (χ2n) is 6.52. The van der Waals surface area contributed by atoms with Gasteiger partial charge in [0.2, 0.25) is 0 Å². The van der Waals surface area contributed by atoms with Crippen molar-refractivity contribution in [3.05, 3.63) is 0 Å². The molecule has 0 aliphatic rings. The highest BCUT2D eigenvalue weighted by molar-refractivity contribution is 4.78. The van der Waals surface area contributed by atoms with Gasteiger partial charge in [0, 0.05) is 6.04 Å². The van der Waals surface area contributed by atoms with Crippen molar-refractivity contribution >= 4 is 0 Å². The molecule has 1 N–H and O–H groups in total. The highest BCUT2D eigenvalue weighted by atomic mass is 14.9. The third-order valence-corrected chi connectivity index (χ3v) is 4.81. The first-order valence-corrected chi connectivity index (χ1v) is 9.46. The van der Waals surface area contributed by atoms with Crippen LogP contribution in [0.3, 0.4) is 0 Å². The first kappa shape index (κ1) is 20.0. The second-order valence-corrected chi connectivity index (χ2v) is 6.52. The highest BCUT2D eigenvalue weighted by Crippen LogP contribution is 2.26. The van der Waals surface area contributed by atoms with Crippen LogP contribution in [0.25, 0.3) is 0 Å². The molecule has 0 rings (SSSR count). The molecule has 0 fully saturated rings. The molecule has 3 unspecified atom stereocenters. The summed E-state index contributed by atoms with van der Waals surface area (Å²) in [6, 6.07) is 0.758. The molecule has 0 aromatic rings. The molecular weight excluding hydrogens is 242 g/mol. The monoisotopic (exact) mass is 283 g/mol. The van der Waals surface area contributed by atoms with Crippen molar-refractivity contribution < 1.29 is 0 Å². The molecule has 0 heterocycles. The lowest BCUT2D eigenvalue weighted by Gasteiger charge is -2.31. The van der Waals surface area contributed by atoms with Crippen molar-refractivity contribution in [2.75, 3.05) is 6.54 Å². The quantitative estimate of drug-likeness (QED) is 0.401. The molecule has 0 saturated heterocycles. The third kappa shape index (κ3) is 9.00. The van der Waals surface area contributed by atoms with Crippen LogP contribution in [-0.4, -0.2) is 12.6 Å². The Morgan fingerprint density at radius 1 is 0.750 bits per heavy atom. The zero-order chi connectivity index (χ0) is 15.2. The van der Waals surface area contributed by atoms with E-state index in [1.54, 1.807) is 0 Å². The molecule has 0 aliphatic carbocycles. The molecule has 1 nitrogen and oxygen atoms in total. The fraction of sp³-hybridized carbons (Fsp3) is 1.00. The summed E-state index contributed by atoms with van der Waals surface area (Å²) in [7, 11) is 0. The predicted octanol–water partition coefficient (Wildman–Crippen LogP) is 6.18. The topological polar surface area (TPSA) is 12.0 Å². The van der Waals surface area contributed by atoms with E-state index in [2.05, 4.69) is 39.9 Å². The van der Waals surface area contributed by atoms with Gasteiger partial charge in [-0.25, -0.2) is 0 Å². The van der Waals surface area contributed by atoms with Crippen molar-refractivity contribution in [2.45, 2.75) is 105 Å². The maximum Gasteiger partial charge on any atom is 0.00978 e. The molecule has 0 aliphatic heterocycles. The van der Waals surface area contributed by atoms with Crippen LogP contribution >= 0.6 is 0 Å². The minimum atomic E-state index is 0.758. The summed E-state index contributed by atoms with van der Waals surface area (Å²) < 4.78 is 0. The number of rotatable bonds is 14. The first-order valence-electron chi connectivity index (χ1n) is 9.46. The largest absolute Gasteiger partial charge is 0.314 e. The molecule has 122 valence electrons. The average molecular weight is 284 g/mol. The Labute approximate surface area is 129 Å². The van der Waals surface area contributed by atoms with Crippen molar-refractivity contribution in [3.8, 4) is 0 Å². The summed E-state index contributed by atoms with van der Waals surface area (Å²) in [6.07, 6.45) is 13.7. The van der Waals surface area contributed by atoms with E-state index in [4.69, 9.17) is 0 Å². The van der Waals surface area contributed by atoms with Crippen LogP contribution in [0.4, 0.5) is 0 Å². The normalized spacial score (nSPS) is 16.1. The third-order valence-electron chi connectivity index (χ3n) is 4.81. The molecule has 0 amide bonds. The van der Waals surface area contributed by atoms with Gasteiger partial charge in [-0.2, -0.15) is 0 Å². The zero-order valence-corrected chi connectivity index (χ0v) is 15.0. The Morgan fingerprint density at radius 2 is 1.40 bits per heavy atom. The van der Waals surface area contributed by atoms with Gasteiger partial charge in [0.05, 0.1) is 0 Å². The van der Waals surface area contributed by atoms with Gasteiger partial charge in [-0.1, -0.05) is 79.6 Å². The molecule has 0 saturated carbocycles. The number of unbranched alkanes of at least 4 members (excludes halogenated alkanes) is 2. The van der Waals surface area contributed by atoms with Gasteiger partial charge in [-0.05, 0) is 37.6 Å². The molecule has 3 atom stereocenters. The summed E-state index contributed by atoms with van der Waals surface area (Å²) in [6.45, 7) is 12.9. The SMILES string of the molecule is CCCCC(CC)CC(NCCC)C(CC)CCCC. The molecule has 0 radical (unpaired) electrons. The highest BCUT2D eigenvalue weighted by Gasteiger charge is 2.22. The lowest BCUT2D eigenvalue weighted by Crippen LogP contribution is -2.38. The molecule has 1 heteroatoms. The minimum Gasteiger partial charge on any atom is -0.314 e. The van der Waals surface area contributed by atoms with E-state index in [-0.39, 0.29) is 0 Å². The van der Waals surface area contributed by atoms with Crippen LogP contribution in [-0.2, 0) is 0 Å². The first-order chi connectivity index (χ1) is 9.73. The lowest BCUT2D eigenvalue weighted by atomic mass is 9.83. The molecule has 0 bridgehead atoms. The average Bonchev–Trinajstić information content (AvgIpc) is 2.48. The van der Waals surface area contributed by atoms with Gasteiger partial charge in [0.1, 0.15) is 0 Å². The number of hydrogen-bond donors (Lipinski definition) is 1. The van der Waals surface area contributed by atoms with E-state index in [1.807, 2.05) is 0 Å². The Bertz CT molecular complexity index is 190. The smallest absolute Gasteiger partial charge is 0.00978 e. The van der Waals surface area contributed by atoms with Crippen molar-refractivity contribution in [2.24, 2.45) is 11.8 Å². The van der Waals surface area contributed by atoms with Crippen LogP contribution in [0.1, 0.15) is 98.8 Å². The number of nitrogens with one attached hydrogen (secondary N) is 1.